The molecule has 0 spiro atoms. The van der Waals surface area contributed by atoms with Crippen LogP contribution < -0.4 is 0 Å². The number of hydrogen-bond acceptors (Lipinski definition) is 4. The van der Waals surface area contributed by atoms with Gasteiger partial charge >= 0.3 is 0 Å². The smallest absolute Gasteiger partial charge is 0.195 e. The van der Waals surface area contributed by atoms with Gasteiger partial charge in [-0.05, 0) is 11.4 Å². The number of carbonyl (C=O) groups is 1. The van der Waals surface area contributed by atoms with Gasteiger partial charge in [-0.2, -0.15) is 0 Å². The standard InChI is InChI=1S/C10H7N3OS/c1-5(14)10-12-7-4-11-6-2-3-15-9(6)8(7)13-10/h2-4H,1H3,(H,12,13). The fraction of sp³-hybridized carbons (Fsp3) is 0.100. The van der Waals surface area contributed by atoms with E-state index in [1.807, 2.05) is 11.4 Å². The van der Waals surface area contributed by atoms with Crippen molar-refractivity contribution in [2.24, 2.45) is 0 Å². The zero-order valence-electron chi connectivity index (χ0n) is 7.94. The van der Waals surface area contributed by atoms with Crippen LogP contribution in [0.4, 0.5) is 0 Å². The fourth-order valence-electron chi connectivity index (χ4n) is 1.54. The Kier molecular flexibility index (Phi) is 1.63. The summed E-state index contributed by atoms with van der Waals surface area (Å²) in [7, 11) is 0. The SMILES string of the molecule is CC(=O)c1nc2c(cnc3ccsc32)[nH]1. The molecule has 3 aromatic rings. The molecule has 5 heteroatoms. The maximum Gasteiger partial charge on any atom is 0.195 e. The van der Waals surface area contributed by atoms with Crippen LogP contribution in [0.25, 0.3) is 21.3 Å². The first-order chi connectivity index (χ1) is 7.25. The number of nitrogens with one attached hydrogen (secondary N) is 1. The Morgan fingerprint density at radius 3 is 3.20 bits per heavy atom. The minimum atomic E-state index is -0.0593. The second-order valence-electron chi connectivity index (χ2n) is 3.30. The summed E-state index contributed by atoms with van der Waals surface area (Å²) >= 11 is 1.59. The Morgan fingerprint density at radius 1 is 1.53 bits per heavy atom. The molecule has 3 heterocycles. The number of ketones is 1. The van der Waals surface area contributed by atoms with Crippen molar-refractivity contribution in [1.82, 2.24) is 15.0 Å². The Balaban J connectivity index is 2.46. The first kappa shape index (κ1) is 8.55. The van der Waals surface area contributed by atoms with E-state index in [9.17, 15) is 4.79 Å². The van der Waals surface area contributed by atoms with Crippen LogP contribution in [0.5, 0.6) is 0 Å². The molecule has 0 atom stereocenters. The van der Waals surface area contributed by atoms with E-state index in [-0.39, 0.29) is 5.78 Å². The van der Waals surface area contributed by atoms with Crippen LogP contribution in [0, 0.1) is 0 Å². The molecule has 0 radical (unpaired) electrons. The van der Waals surface area contributed by atoms with E-state index in [1.54, 1.807) is 17.5 Å². The van der Waals surface area contributed by atoms with Gasteiger partial charge in [0.1, 0.15) is 5.52 Å². The Hall–Kier alpha value is -1.75. The lowest BCUT2D eigenvalue weighted by molar-refractivity contribution is 0.100. The van der Waals surface area contributed by atoms with Gasteiger partial charge in [0, 0.05) is 6.92 Å². The third kappa shape index (κ3) is 1.16. The van der Waals surface area contributed by atoms with Gasteiger partial charge in [-0.3, -0.25) is 9.78 Å². The molecule has 0 saturated heterocycles. The lowest BCUT2D eigenvalue weighted by Crippen LogP contribution is -1.93. The fourth-order valence-corrected chi connectivity index (χ4v) is 2.38. The number of thiophene rings is 1. The van der Waals surface area contributed by atoms with Crippen molar-refractivity contribution in [2.75, 3.05) is 0 Å². The van der Waals surface area contributed by atoms with Crippen LogP contribution in [0.3, 0.4) is 0 Å². The third-order valence-electron chi connectivity index (χ3n) is 2.26. The summed E-state index contributed by atoms with van der Waals surface area (Å²) in [5.74, 6) is 0.337. The second kappa shape index (κ2) is 2.87. The van der Waals surface area contributed by atoms with Gasteiger partial charge in [0.2, 0.25) is 0 Å². The van der Waals surface area contributed by atoms with E-state index in [4.69, 9.17) is 0 Å². The van der Waals surface area contributed by atoms with Gasteiger partial charge in [-0.15, -0.1) is 11.3 Å². The number of hydrogen-bond donors (Lipinski definition) is 1. The van der Waals surface area contributed by atoms with Crippen LogP contribution >= 0.6 is 11.3 Å². The summed E-state index contributed by atoms with van der Waals surface area (Å²) < 4.78 is 1.02. The number of Topliss-reactive ketones (excluding diaryl/α,β-unsaturated/α-hetero) is 1. The highest BCUT2D eigenvalue weighted by atomic mass is 32.1. The van der Waals surface area contributed by atoms with Crippen molar-refractivity contribution in [3.05, 3.63) is 23.5 Å². The van der Waals surface area contributed by atoms with Crippen molar-refractivity contribution in [3.8, 4) is 0 Å². The Labute approximate surface area is 89.0 Å². The quantitative estimate of drug-likeness (QED) is 0.636. The maximum atomic E-state index is 11.2. The molecule has 15 heavy (non-hydrogen) atoms. The lowest BCUT2D eigenvalue weighted by atomic mass is 10.3. The number of aromatic amines is 1. The van der Waals surface area contributed by atoms with Crippen molar-refractivity contribution in [2.45, 2.75) is 6.92 Å². The molecule has 0 unspecified atom stereocenters. The summed E-state index contributed by atoms with van der Waals surface area (Å²) in [5.41, 5.74) is 2.57. The molecule has 74 valence electrons. The zero-order valence-corrected chi connectivity index (χ0v) is 8.76. The molecule has 3 rings (SSSR count). The van der Waals surface area contributed by atoms with E-state index in [0.29, 0.717) is 5.82 Å². The number of fused-ring (bicyclic) bond motifs is 3. The van der Waals surface area contributed by atoms with Gasteiger partial charge in [0.25, 0.3) is 0 Å². The number of H-pyrrole nitrogens is 1. The number of nitrogens with zero attached hydrogens (tertiary/aromatic N) is 2. The Morgan fingerprint density at radius 2 is 2.40 bits per heavy atom. The highest BCUT2D eigenvalue weighted by Gasteiger charge is 2.10. The number of pyridine rings is 1. The van der Waals surface area contributed by atoms with Gasteiger partial charge in [-0.25, -0.2) is 4.98 Å². The second-order valence-corrected chi connectivity index (χ2v) is 4.21. The van der Waals surface area contributed by atoms with Crippen molar-refractivity contribution in [3.63, 3.8) is 0 Å². The molecule has 0 saturated carbocycles. The van der Waals surface area contributed by atoms with Crippen LogP contribution in [-0.4, -0.2) is 20.7 Å². The van der Waals surface area contributed by atoms with Crippen molar-refractivity contribution in [1.29, 1.82) is 0 Å². The third-order valence-corrected chi connectivity index (χ3v) is 3.17. The molecule has 0 aromatic carbocycles. The first-order valence-corrected chi connectivity index (χ1v) is 5.36. The Bertz CT molecular complexity index is 667. The monoisotopic (exact) mass is 217 g/mol. The predicted octanol–water partition coefficient (Wildman–Crippen LogP) is 2.38. The van der Waals surface area contributed by atoms with Crippen LogP contribution in [0.1, 0.15) is 17.5 Å². The van der Waals surface area contributed by atoms with Gasteiger partial charge < -0.3 is 4.98 Å². The minimum absolute atomic E-state index is 0.0593. The lowest BCUT2D eigenvalue weighted by Gasteiger charge is -1.88. The first-order valence-electron chi connectivity index (χ1n) is 4.48. The van der Waals surface area contributed by atoms with Gasteiger partial charge in [0.15, 0.2) is 11.6 Å². The molecule has 0 aliphatic carbocycles. The maximum absolute atomic E-state index is 11.2. The summed E-state index contributed by atoms with van der Waals surface area (Å²) in [6.45, 7) is 1.50. The van der Waals surface area contributed by atoms with E-state index >= 15 is 0 Å². The number of rotatable bonds is 1. The number of carbonyl (C=O) groups excluding carboxylic acids is 1. The summed E-state index contributed by atoms with van der Waals surface area (Å²) in [6, 6.07) is 1.95. The summed E-state index contributed by atoms with van der Waals surface area (Å²) in [6.07, 6.45) is 1.71. The molecule has 0 bridgehead atoms. The van der Waals surface area contributed by atoms with Crippen LogP contribution in [0.2, 0.25) is 0 Å². The van der Waals surface area contributed by atoms with E-state index < -0.39 is 0 Å². The highest BCUT2D eigenvalue weighted by molar-refractivity contribution is 7.18. The normalized spacial score (nSPS) is 11.3. The molecule has 0 aliphatic heterocycles. The predicted molar refractivity (Wildman–Crippen MR) is 59.3 cm³/mol. The molecule has 0 aliphatic rings. The summed E-state index contributed by atoms with van der Waals surface area (Å²) in [4.78, 5) is 22.7. The van der Waals surface area contributed by atoms with Gasteiger partial charge in [0.05, 0.1) is 21.9 Å². The van der Waals surface area contributed by atoms with Crippen LogP contribution in [-0.2, 0) is 0 Å². The van der Waals surface area contributed by atoms with Crippen LogP contribution in [0.15, 0.2) is 17.6 Å². The molecule has 4 nitrogen and oxygen atoms in total. The molecular weight excluding hydrogens is 210 g/mol. The molecule has 1 N–H and O–H groups in total. The van der Waals surface area contributed by atoms with Crippen molar-refractivity contribution >= 4 is 38.4 Å². The highest BCUT2D eigenvalue weighted by Crippen LogP contribution is 2.26. The summed E-state index contributed by atoms with van der Waals surface area (Å²) in [5, 5.41) is 1.97. The average Bonchev–Trinajstić information content (AvgIpc) is 2.82. The van der Waals surface area contributed by atoms with Gasteiger partial charge in [-0.1, -0.05) is 0 Å². The average molecular weight is 217 g/mol. The van der Waals surface area contributed by atoms with E-state index in [1.165, 1.54) is 6.92 Å². The van der Waals surface area contributed by atoms with Crippen molar-refractivity contribution < 1.29 is 4.79 Å². The molecule has 0 fully saturated rings. The molecular formula is C10H7N3OS. The number of aromatic nitrogens is 3. The zero-order chi connectivity index (χ0) is 10.4. The topological polar surface area (TPSA) is 58.6 Å². The van der Waals surface area contributed by atoms with E-state index in [0.717, 1.165) is 21.3 Å². The minimum Gasteiger partial charge on any atom is -0.334 e. The largest absolute Gasteiger partial charge is 0.334 e. The molecule has 3 aromatic heterocycles. The molecule has 0 amide bonds. The number of imidazole rings is 1. The van der Waals surface area contributed by atoms with E-state index in [2.05, 4.69) is 15.0 Å².